The van der Waals surface area contributed by atoms with Crippen molar-refractivity contribution in [2.24, 2.45) is 11.3 Å². The number of nitrogens with one attached hydrogen (secondary N) is 1. The molecule has 0 radical (unpaired) electrons. The quantitative estimate of drug-likeness (QED) is 0.779. The van der Waals surface area contributed by atoms with Gasteiger partial charge in [-0.05, 0) is 57.0 Å². The minimum absolute atomic E-state index is 0.506. The van der Waals surface area contributed by atoms with E-state index in [1.807, 2.05) is 0 Å². The predicted molar refractivity (Wildman–Crippen MR) is 92.7 cm³/mol. The summed E-state index contributed by atoms with van der Waals surface area (Å²) >= 11 is 0. The Balaban J connectivity index is 2.11. The van der Waals surface area contributed by atoms with Crippen molar-refractivity contribution >= 4 is 0 Å². The summed E-state index contributed by atoms with van der Waals surface area (Å²) in [6, 6.07) is 2.32. The minimum Gasteiger partial charge on any atom is -0.315 e. The largest absolute Gasteiger partial charge is 0.315 e. The van der Waals surface area contributed by atoms with E-state index in [0.717, 1.165) is 18.0 Å². The van der Waals surface area contributed by atoms with Crippen molar-refractivity contribution in [3.63, 3.8) is 0 Å². The first kappa shape index (κ1) is 17.3. The topological polar surface area (TPSA) is 15.3 Å². The van der Waals surface area contributed by atoms with Gasteiger partial charge in [-0.25, -0.2) is 0 Å². The summed E-state index contributed by atoms with van der Waals surface area (Å²) in [5.74, 6) is 0.896. The van der Waals surface area contributed by atoms with E-state index in [2.05, 4.69) is 45.0 Å². The summed E-state index contributed by atoms with van der Waals surface area (Å²) in [6.45, 7) is 10.9. The molecular weight excluding hydrogens is 256 g/mol. The highest BCUT2D eigenvalue weighted by molar-refractivity contribution is 4.96. The molecule has 2 fully saturated rings. The highest BCUT2D eigenvalue weighted by atomic mass is 15.2. The van der Waals surface area contributed by atoms with Crippen LogP contribution in [-0.4, -0.2) is 36.6 Å². The van der Waals surface area contributed by atoms with E-state index in [4.69, 9.17) is 0 Å². The molecule has 0 aliphatic heterocycles. The molecular formula is C19H38N2. The number of nitrogens with zero attached hydrogens (tertiary/aromatic N) is 1. The molecule has 3 unspecified atom stereocenters. The van der Waals surface area contributed by atoms with Gasteiger partial charge >= 0.3 is 0 Å². The number of likely N-dealkylation sites (N-methyl/N-ethyl adjacent to an activating group) is 2. The van der Waals surface area contributed by atoms with Gasteiger partial charge in [-0.15, -0.1) is 0 Å². The van der Waals surface area contributed by atoms with Crippen LogP contribution in [0.5, 0.6) is 0 Å². The fourth-order valence-corrected chi connectivity index (χ4v) is 4.85. The van der Waals surface area contributed by atoms with Gasteiger partial charge in [0.05, 0.1) is 0 Å². The van der Waals surface area contributed by atoms with E-state index in [0.29, 0.717) is 11.5 Å². The van der Waals surface area contributed by atoms with Gasteiger partial charge in [-0.3, -0.25) is 4.90 Å². The fourth-order valence-electron chi connectivity index (χ4n) is 4.85. The van der Waals surface area contributed by atoms with Gasteiger partial charge in [0.1, 0.15) is 0 Å². The Morgan fingerprint density at radius 1 is 1.05 bits per heavy atom. The van der Waals surface area contributed by atoms with Gasteiger partial charge in [0, 0.05) is 18.1 Å². The molecule has 0 aromatic carbocycles. The third-order valence-corrected chi connectivity index (χ3v) is 6.79. The summed E-state index contributed by atoms with van der Waals surface area (Å²) in [6.07, 6.45) is 11.2. The molecule has 124 valence electrons. The number of hydrogen-bond acceptors (Lipinski definition) is 2. The lowest BCUT2D eigenvalue weighted by molar-refractivity contribution is 0.0325. The van der Waals surface area contributed by atoms with Gasteiger partial charge < -0.3 is 5.32 Å². The van der Waals surface area contributed by atoms with Crippen LogP contribution >= 0.6 is 0 Å². The van der Waals surface area contributed by atoms with Crippen molar-refractivity contribution in [1.29, 1.82) is 0 Å². The average Bonchev–Trinajstić information content (AvgIpc) is 3.02. The van der Waals surface area contributed by atoms with Crippen LogP contribution in [0.2, 0.25) is 0 Å². The monoisotopic (exact) mass is 294 g/mol. The molecule has 2 nitrogen and oxygen atoms in total. The van der Waals surface area contributed by atoms with Crippen LogP contribution in [0.3, 0.4) is 0 Å². The molecule has 2 aliphatic carbocycles. The highest BCUT2D eigenvalue weighted by Crippen LogP contribution is 2.42. The normalized spacial score (nSPS) is 32.0. The molecule has 0 amide bonds. The summed E-state index contributed by atoms with van der Waals surface area (Å²) in [5, 5.41) is 3.64. The molecule has 1 N–H and O–H groups in total. The average molecular weight is 295 g/mol. The lowest BCUT2D eigenvalue weighted by Gasteiger charge is -2.48. The molecule has 2 rings (SSSR count). The van der Waals surface area contributed by atoms with Crippen LogP contribution in [0, 0.1) is 11.3 Å². The van der Waals surface area contributed by atoms with E-state index in [9.17, 15) is 0 Å². The second-order valence-corrected chi connectivity index (χ2v) is 8.08. The highest BCUT2D eigenvalue weighted by Gasteiger charge is 2.40. The van der Waals surface area contributed by atoms with Gasteiger partial charge in [-0.2, -0.15) is 0 Å². The molecule has 0 spiro atoms. The van der Waals surface area contributed by atoms with Gasteiger partial charge in [0.25, 0.3) is 0 Å². The molecule has 3 atom stereocenters. The van der Waals surface area contributed by atoms with Crippen LogP contribution in [0.1, 0.15) is 79.1 Å². The maximum absolute atomic E-state index is 3.64. The zero-order valence-corrected chi connectivity index (χ0v) is 15.1. The molecule has 0 saturated heterocycles. The standard InChI is InChI=1S/C19H38N2/c1-6-19(3,4)15-12-13-17(20-5)18(14-15)21(7-2)16-10-8-9-11-16/h15-18,20H,6-14H2,1-5H3. The van der Waals surface area contributed by atoms with E-state index in [1.54, 1.807) is 0 Å². The smallest absolute Gasteiger partial charge is 0.0254 e. The van der Waals surface area contributed by atoms with Crippen molar-refractivity contribution in [1.82, 2.24) is 10.2 Å². The van der Waals surface area contributed by atoms with Crippen molar-refractivity contribution in [3.05, 3.63) is 0 Å². The van der Waals surface area contributed by atoms with E-state index >= 15 is 0 Å². The Labute approximate surface area is 133 Å². The van der Waals surface area contributed by atoms with E-state index in [-0.39, 0.29) is 0 Å². The van der Waals surface area contributed by atoms with Crippen molar-refractivity contribution in [3.8, 4) is 0 Å². The molecule has 0 aromatic heterocycles. The summed E-state index contributed by atoms with van der Waals surface area (Å²) in [7, 11) is 2.17. The third-order valence-electron chi connectivity index (χ3n) is 6.79. The first-order valence-electron chi connectivity index (χ1n) is 9.46. The Morgan fingerprint density at radius 3 is 2.24 bits per heavy atom. The van der Waals surface area contributed by atoms with Gasteiger partial charge in [0.2, 0.25) is 0 Å². The minimum atomic E-state index is 0.506. The Bertz CT molecular complexity index is 307. The molecule has 0 bridgehead atoms. The molecule has 0 heterocycles. The Hall–Kier alpha value is -0.0800. The van der Waals surface area contributed by atoms with E-state index in [1.165, 1.54) is 57.9 Å². The SMILES string of the molecule is CCN(C1CCCC1)C1CC(C(C)(C)CC)CCC1NC. The summed E-state index contributed by atoms with van der Waals surface area (Å²) in [4.78, 5) is 2.87. The predicted octanol–water partition coefficient (Wildman–Crippen LogP) is 4.44. The lowest BCUT2D eigenvalue weighted by Crippen LogP contribution is -2.56. The first-order chi connectivity index (χ1) is 10.0. The van der Waals surface area contributed by atoms with Gasteiger partial charge in [-0.1, -0.05) is 47.0 Å². The number of rotatable bonds is 6. The van der Waals surface area contributed by atoms with Crippen LogP contribution < -0.4 is 5.32 Å². The second kappa shape index (κ2) is 7.46. The first-order valence-corrected chi connectivity index (χ1v) is 9.46. The van der Waals surface area contributed by atoms with Crippen molar-refractivity contribution in [2.75, 3.05) is 13.6 Å². The molecule has 21 heavy (non-hydrogen) atoms. The van der Waals surface area contributed by atoms with Crippen LogP contribution in [-0.2, 0) is 0 Å². The van der Waals surface area contributed by atoms with Crippen molar-refractivity contribution in [2.45, 2.75) is 97.2 Å². The van der Waals surface area contributed by atoms with Crippen LogP contribution in [0.25, 0.3) is 0 Å². The fraction of sp³-hybridized carbons (Fsp3) is 1.00. The summed E-state index contributed by atoms with van der Waals surface area (Å²) in [5.41, 5.74) is 0.506. The molecule has 2 aliphatic rings. The van der Waals surface area contributed by atoms with E-state index < -0.39 is 0 Å². The maximum Gasteiger partial charge on any atom is 0.0254 e. The zero-order valence-electron chi connectivity index (χ0n) is 15.1. The molecule has 0 aromatic rings. The lowest BCUT2D eigenvalue weighted by atomic mass is 9.67. The maximum atomic E-state index is 3.64. The summed E-state index contributed by atoms with van der Waals surface area (Å²) < 4.78 is 0. The van der Waals surface area contributed by atoms with Crippen LogP contribution in [0.15, 0.2) is 0 Å². The van der Waals surface area contributed by atoms with Gasteiger partial charge in [0.15, 0.2) is 0 Å². The zero-order chi connectivity index (χ0) is 15.5. The Morgan fingerprint density at radius 2 is 1.71 bits per heavy atom. The third kappa shape index (κ3) is 3.82. The Kier molecular flexibility index (Phi) is 6.14. The number of hydrogen-bond donors (Lipinski definition) is 1. The van der Waals surface area contributed by atoms with Crippen molar-refractivity contribution < 1.29 is 0 Å². The second-order valence-electron chi connectivity index (χ2n) is 8.08. The molecule has 2 heteroatoms. The van der Waals surface area contributed by atoms with Crippen LogP contribution in [0.4, 0.5) is 0 Å². The molecule has 2 saturated carbocycles.